The van der Waals surface area contributed by atoms with E-state index < -0.39 is 0 Å². The summed E-state index contributed by atoms with van der Waals surface area (Å²) >= 11 is 5.77. The molecule has 88 valence electrons. The van der Waals surface area contributed by atoms with Crippen molar-refractivity contribution in [3.05, 3.63) is 40.4 Å². The third-order valence-corrected chi connectivity index (χ3v) is 2.98. The minimum Gasteiger partial charge on any atom is -0.274 e. The molecule has 1 aliphatic rings. The monoisotopic (exact) mass is 249 g/mol. The summed E-state index contributed by atoms with van der Waals surface area (Å²) in [6, 6.07) is 6.67. The van der Waals surface area contributed by atoms with Crippen LogP contribution in [0.2, 0.25) is 5.02 Å². The molecule has 1 aromatic rings. The summed E-state index contributed by atoms with van der Waals surface area (Å²) in [4.78, 5) is 25.1. The second kappa shape index (κ2) is 4.34. The van der Waals surface area contributed by atoms with E-state index in [2.05, 4.69) is 0 Å². The summed E-state index contributed by atoms with van der Waals surface area (Å²) in [7, 11) is 0. The molecule has 0 spiro atoms. The lowest BCUT2D eigenvalue weighted by atomic mass is 10.1. The van der Waals surface area contributed by atoms with E-state index in [0.29, 0.717) is 16.3 Å². The predicted octanol–water partition coefficient (Wildman–Crippen LogP) is 2.94. The van der Waals surface area contributed by atoms with E-state index in [4.69, 9.17) is 11.6 Å². The van der Waals surface area contributed by atoms with Crippen molar-refractivity contribution in [1.29, 1.82) is 0 Å². The van der Waals surface area contributed by atoms with Crippen LogP contribution in [-0.4, -0.2) is 11.8 Å². The van der Waals surface area contributed by atoms with E-state index in [1.807, 2.05) is 13.8 Å². The Hall–Kier alpha value is -1.61. The maximum absolute atomic E-state index is 12.1. The molecular formula is C13H12ClNO2. The maximum atomic E-state index is 12.1. The molecule has 0 radical (unpaired) electrons. The number of hydrogen-bond acceptors (Lipinski definition) is 2. The largest absolute Gasteiger partial charge is 0.274 e. The van der Waals surface area contributed by atoms with E-state index in [1.165, 1.54) is 4.90 Å². The van der Waals surface area contributed by atoms with Gasteiger partial charge in [0.15, 0.2) is 0 Å². The van der Waals surface area contributed by atoms with Crippen molar-refractivity contribution in [2.24, 2.45) is 0 Å². The van der Waals surface area contributed by atoms with Crippen LogP contribution in [0.1, 0.15) is 20.3 Å². The highest BCUT2D eigenvalue weighted by Gasteiger charge is 2.35. The highest BCUT2D eigenvalue weighted by Crippen LogP contribution is 2.28. The van der Waals surface area contributed by atoms with Crippen LogP contribution in [0.4, 0.5) is 5.69 Å². The molecule has 0 N–H and O–H groups in total. The molecule has 0 unspecified atom stereocenters. The first kappa shape index (κ1) is 11.9. The van der Waals surface area contributed by atoms with Crippen LogP contribution in [-0.2, 0) is 9.59 Å². The zero-order valence-electron chi connectivity index (χ0n) is 9.66. The molecule has 1 aromatic carbocycles. The highest BCUT2D eigenvalue weighted by atomic mass is 35.5. The number of anilines is 1. The van der Waals surface area contributed by atoms with Gasteiger partial charge in [-0.2, -0.15) is 0 Å². The lowest BCUT2D eigenvalue weighted by Crippen LogP contribution is -2.28. The van der Waals surface area contributed by atoms with Gasteiger partial charge in [0.2, 0.25) is 5.91 Å². The van der Waals surface area contributed by atoms with Crippen molar-refractivity contribution in [3.63, 3.8) is 0 Å². The molecule has 0 aliphatic carbocycles. The normalized spacial score (nSPS) is 15.7. The molecule has 2 rings (SSSR count). The SMILES string of the molecule is CC(C)=C1CC(=O)N(c2ccc(Cl)cc2)C1=O. The van der Waals surface area contributed by atoms with Crippen LogP contribution in [0.25, 0.3) is 0 Å². The third kappa shape index (κ3) is 2.11. The van der Waals surface area contributed by atoms with Crippen molar-refractivity contribution in [1.82, 2.24) is 0 Å². The van der Waals surface area contributed by atoms with Crippen LogP contribution in [0.3, 0.4) is 0 Å². The summed E-state index contributed by atoms with van der Waals surface area (Å²) in [5.41, 5.74) is 2.05. The van der Waals surface area contributed by atoms with Gasteiger partial charge in [0.1, 0.15) is 0 Å². The van der Waals surface area contributed by atoms with Gasteiger partial charge in [-0.15, -0.1) is 0 Å². The molecule has 0 atom stereocenters. The zero-order chi connectivity index (χ0) is 12.6. The molecule has 17 heavy (non-hydrogen) atoms. The Morgan fingerprint density at radius 2 is 1.76 bits per heavy atom. The lowest BCUT2D eigenvalue weighted by molar-refractivity contribution is -0.120. The molecule has 1 heterocycles. The van der Waals surface area contributed by atoms with Gasteiger partial charge in [0.25, 0.3) is 5.91 Å². The molecule has 1 fully saturated rings. The van der Waals surface area contributed by atoms with Gasteiger partial charge in [-0.05, 0) is 38.1 Å². The van der Waals surface area contributed by atoms with Crippen molar-refractivity contribution in [2.75, 3.05) is 4.90 Å². The summed E-state index contributed by atoms with van der Waals surface area (Å²) < 4.78 is 0. The van der Waals surface area contributed by atoms with Gasteiger partial charge in [-0.25, -0.2) is 4.90 Å². The Bertz CT molecular complexity index is 513. The van der Waals surface area contributed by atoms with Crippen LogP contribution in [0, 0.1) is 0 Å². The molecule has 1 saturated heterocycles. The number of carbonyl (C=O) groups is 2. The quantitative estimate of drug-likeness (QED) is 0.567. The van der Waals surface area contributed by atoms with Crippen LogP contribution in [0.15, 0.2) is 35.4 Å². The zero-order valence-corrected chi connectivity index (χ0v) is 10.4. The minimum atomic E-state index is -0.225. The number of hydrogen-bond donors (Lipinski definition) is 0. The van der Waals surface area contributed by atoms with Gasteiger partial charge in [-0.3, -0.25) is 9.59 Å². The molecule has 0 saturated carbocycles. The molecule has 2 amide bonds. The Morgan fingerprint density at radius 3 is 2.24 bits per heavy atom. The summed E-state index contributed by atoms with van der Waals surface area (Å²) in [6.45, 7) is 3.68. The Kier molecular flexibility index (Phi) is 3.03. The number of amides is 2. The van der Waals surface area contributed by atoms with E-state index in [1.54, 1.807) is 24.3 Å². The second-order valence-corrected chi connectivity index (χ2v) is 4.60. The topological polar surface area (TPSA) is 37.4 Å². The van der Waals surface area contributed by atoms with Gasteiger partial charge < -0.3 is 0 Å². The first-order valence-electron chi connectivity index (χ1n) is 5.30. The van der Waals surface area contributed by atoms with Gasteiger partial charge in [0, 0.05) is 10.6 Å². The fourth-order valence-corrected chi connectivity index (χ4v) is 1.92. The first-order chi connectivity index (χ1) is 8.00. The molecular weight excluding hydrogens is 238 g/mol. The Balaban J connectivity index is 2.41. The van der Waals surface area contributed by atoms with Crippen molar-refractivity contribution < 1.29 is 9.59 Å². The maximum Gasteiger partial charge on any atom is 0.261 e. The smallest absolute Gasteiger partial charge is 0.261 e. The number of benzene rings is 1. The fourth-order valence-electron chi connectivity index (χ4n) is 1.80. The molecule has 0 bridgehead atoms. The minimum absolute atomic E-state index is 0.184. The average Bonchev–Trinajstić information content (AvgIpc) is 2.56. The Labute approximate surface area is 105 Å². The van der Waals surface area contributed by atoms with Crippen LogP contribution < -0.4 is 4.90 Å². The number of allylic oxidation sites excluding steroid dienone is 1. The number of carbonyl (C=O) groups excluding carboxylic acids is 2. The standard InChI is InChI=1S/C13H12ClNO2/c1-8(2)11-7-12(16)15(13(11)17)10-5-3-9(14)4-6-10/h3-6H,7H2,1-2H3. The van der Waals surface area contributed by atoms with Crippen molar-refractivity contribution in [3.8, 4) is 0 Å². The molecule has 4 heteroatoms. The van der Waals surface area contributed by atoms with Crippen LogP contribution >= 0.6 is 11.6 Å². The predicted molar refractivity (Wildman–Crippen MR) is 66.9 cm³/mol. The van der Waals surface area contributed by atoms with E-state index in [0.717, 1.165) is 5.57 Å². The van der Waals surface area contributed by atoms with E-state index in [9.17, 15) is 9.59 Å². The molecule has 3 nitrogen and oxygen atoms in total. The Morgan fingerprint density at radius 1 is 1.18 bits per heavy atom. The van der Waals surface area contributed by atoms with Gasteiger partial charge in [0.05, 0.1) is 12.1 Å². The van der Waals surface area contributed by atoms with Crippen molar-refractivity contribution in [2.45, 2.75) is 20.3 Å². The first-order valence-corrected chi connectivity index (χ1v) is 5.67. The third-order valence-electron chi connectivity index (χ3n) is 2.73. The molecule has 0 aromatic heterocycles. The summed E-state index contributed by atoms with van der Waals surface area (Å²) in [5, 5.41) is 0.579. The number of nitrogens with zero attached hydrogens (tertiary/aromatic N) is 1. The van der Waals surface area contributed by atoms with E-state index in [-0.39, 0.29) is 18.2 Å². The summed E-state index contributed by atoms with van der Waals surface area (Å²) in [5.74, 6) is -0.411. The van der Waals surface area contributed by atoms with Crippen molar-refractivity contribution >= 4 is 29.1 Å². The highest BCUT2D eigenvalue weighted by molar-refractivity contribution is 6.31. The number of rotatable bonds is 1. The van der Waals surface area contributed by atoms with Gasteiger partial charge in [-0.1, -0.05) is 17.2 Å². The number of imide groups is 1. The average molecular weight is 250 g/mol. The van der Waals surface area contributed by atoms with E-state index >= 15 is 0 Å². The number of halogens is 1. The second-order valence-electron chi connectivity index (χ2n) is 4.17. The summed E-state index contributed by atoms with van der Waals surface area (Å²) in [6.07, 6.45) is 0.184. The van der Waals surface area contributed by atoms with Crippen LogP contribution in [0.5, 0.6) is 0 Å². The molecule has 1 aliphatic heterocycles. The lowest BCUT2D eigenvalue weighted by Gasteiger charge is -2.13. The fraction of sp³-hybridized carbons (Fsp3) is 0.231. The van der Waals surface area contributed by atoms with Gasteiger partial charge >= 0.3 is 0 Å².